The highest BCUT2D eigenvalue weighted by Gasteiger charge is 2.54. The Labute approximate surface area is 111 Å². The number of halogens is 1. The molecule has 2 aliphatic carbocycles. The fraction of sp³-hybridized carbons (Fsp3) is 1.00. The van der Waals surface area contributed by atoms with Crippen LogP contribution in [-0.2, 0) is 4.74 Å². The van der Waals surface area contributed by atoms with Crippen LogP contribution in [0.4, 0.5) is 0 Å². The van der Waals surface area contributed by atoms with Crippen molar-refractivity contribution in [1.29, 1.82) is 0 Å². The van der Waals surface area contributed by atoms with Crippen molar-refractivity contribution in [2.24, 2.45) is 5.41 Å². The molecule has 1 nitrogen and oxygen atoms in total. The zero-order valence-electron chi connectivity index (χ0n) is 11.4. The Hall–Kier alpha value is 0.250. The van der Waals surface area contributed by atoms with Gasteiger partial charge in [-0.05, 0) is 32.6 Å². The quantitative estimate of drug-likeness (QED) is 0.651. The molecule has 0 aromatic heterocycles. The molecule has 3 atom stereocenters. The van der Waals surface area contributed by atoms with E-state index < -0.39 is 0 Å². The van der Waals surface area contributed by atoms with Gasteiger partial charge in [-0.25, -0.2) is 0 Å². The smallest absolute Gasteiger partial charge is 0.0663 e. The summed E-state index contributed by atoms with van der Waals surface area (Å²) < 4.78 is 6.26. The van der Waals surface area contributed by atoms with Gasteiger partial charge in [0.25, 0.3) is 0 Å². The molecule has 100 valence electrons. The Morgan fingerprint density at radius 2 is 1.88 bits per heavy atom. The molecule has 2 heteroatoms. The van der Waals surface area contributed by atoms with Crippen LogP contribution in [0.1, 0.15) is 71.6 Å². The van der Waals surface area contributed by atoms with Crippen LogP contribution in [0, 0.1) is 5.41 Å². The second-order valence-electron chi connectivity index (χ2n) is 6.07. The molecule has 2 saturated carbocycles. The van der Waals surface area contributed by atoms with E-state index in [1.165, 1.54) is 51.4 Å². The monoisotopic (exact) mass is 258 g/mol. The molecular formula is C15H27ClO. The van der Waals surface area contributed by atoms with Crippen LogP contribution in [0.5, 0.6) is 0 Å². The first kappa shape index (κ1) is 13.7. The van der Waals surface area contributed by atoms with E-state index in [0.29, 0.717) is 23.0 Å². The van der Waals surface area contributed by atoms with Gasteiger partial charge in [0.1, 0.15) is 0 Å². The van der Waals surface area contributed by atoms with Crippen molar-refractivity contribution in [3.63, 3.8) is 0 Å². The zero-order chi connectivity index (χ0) is 12.3. The van der Waals surface area contributed by atoms with E-state index in [-0.39, 0.29) is 0 Å². The third-order valence-corrected chi connectivity index (χ3v) is 5.43. The largest absolute Gasteiger partial charge is 0.375 e. The van der Waals surface area contributed by atoms with Gasteiger partial charge in [0.15, 0.2) is 0 Å². The van der Waals surface area contributed by atoms with Gasteiger partial charge in [-0.1, -0.05) is 39.0 Å². The second-order valence-corrected chi connectivity index (χ2v) is 6.60. The lowest BCUT2D eigenvalue weighted by Crippen LogP contribution is -2.56. The van der Waals surface area contributed by atoms with Crippen LogP contribution in [0.15, 0.2) is 0 Å². The molecule has 0 N–H and O–H groups in total. The van der Waals surface area contributed by atoms with Gasteiger partial charge in [-0.2, -0.15) is 0 Å². The predicted molar refractivity (Wildman–Crippen MR) is 73.6 cm³/mol. The number of hydrogen-bond acceptors (Lipinski definition) is 1. The first-order valence-corrected chi connectivity index (χ1v) is 7.92. The van der Waals surface area contributed by atoms with E-state index in [4.69, 9.17) is 16.3 Å². The molecule has 2 aliphatic rings. The minimum atomic E-state index is 0.333. The number of alkyl halides is 1. The maximum Gasteiger partial charge on any atom is 0.0663 e. The van der Waals surface area contributed by atoms with Crippen molar-refractivity contribution in [2.75, 3.05) is 0 Å². The maximum atomic E-state index is 6.53. The minimum absolute atomic E-state index is 0.333. The summed E-state index contributed by atoms with van der Waals surface area (Å²) in [6.45, 7) is 4.45. The van der Waals surface area contributed by atoms with Crippen molar-refractivity contribution >= 4 is 11.6 Å². The number of hydrogen-bond donors (Lipinski definition) is 0. The Bertz CT molecular complexity index is 233. The summed E-state index contributed by atoms with van der Waals surface area (Å²) in [5.41, 5.74) is 0.333. The van der Waals surface area contributed by atoms with Gasteiger partial charge >= 0.3 is 0 Å². The van der Waals surface area contributed by atoms with E-state index >= 15 is 0 Å². The van der Waals surface area contributed by atoms with Crippen LogP contribution >= 0.6 is 11.6 Å². The average molecular weight is 259 g/mol. The standard InChI is InChI=1S/C15H27ClO/c1-3-8-12(2)17-14-11-13(16)15(14)9-6-4-5-7-10-15/h12-14H,3-11H2,1-2H3. The molecule has 0 aromatic carbocycles. The lowest BCUT2D eigenvalue weighted by Gasteiger charge is -2.54. The van der Waals surface area contributed by atoms with E-state index in [0.717, 1.165) is 6.42 Å². The Kier molecular flexibility index (Phi) is 4.77. The lowest BCUT2D eigenvalue weighted by molar-refractivity contribution is -0.142. The normalized spacial score (nSPS) is 34.1. The van der Waals surface area contributed by atoms with Crippen LogP contribution < -0.4 is 0 Å². The van der Waals surface area contributed by atoms with E-state index in [1.54, 1.807) is 0 Å². The second kappa shape index (κ2) is 5.93. The molecule has 0 heterocycles. The number of ether oxygens (including phenoxy) is 1. The van der Waals surface area contributed by atoms with E-state index in [9.17, 15) is 0 Å². The third kappa shape index (κ3) is 2.81. The van der Waals surface area contributed by atoms with Crippen molar-refractivity contribution in [2.45, 2.75) is 89.2 Å². The maximum absolute atomic E-state index is 6.53. The highest BCUT2D eigenvalue weighted by molar-refractivity contribution is 6.21. The first-order chi connectivity index (χ1) is 8.19. The Morgan fingerprint density at radius 1 is 1.24 bits per heavy atom. The van der Waals surface area contributed by atoms with Crippen LogP contribution in [-0.4, -0.2) is 17.6 Å². The molecule has 2 rings (SSSR count). The van der Waals surface area contributed by atoms with Crippen LogP contribution in [0.2, 0.25) is 0 Å². The molecule has 3 unspecified atom stereocenters. The van der Waals surface area contributed by atoms with Gasteiger partial charge in [0.2, 0.25) is 0 Å². The molecule has 0 amide bonds. The van der Waals surface area contributed by atoms with Crippen molar-refractivity contribution < 1.29 is 4.74 Å². The fourth-order valence-corrected chi connectivity index (χ4v) is 4.19. The molecule has 0 saturated heterocycles. The predicted octanol–water partition coefficient (Wildman–Crippen LogP) is 4.91. The van der Waals surface area contributed by atoms with Crippen molar-refractivity contribution in [1.82, 2.24) is 0 Å². The van der Waals surface area contributed by atoms with Crippen molar-refractivity contribution in [3.8, 4) is 0 Å². The molecule has 0 bridgehead atoms. The highest BCUT2D eigenvalue weighted by atomic mass is 35.5. The van der Waals surface area contributed by atoms with Gasteiger partial charge in [0.05, 0.1) is 12.2 Å². The first-order valence-electron chi connectivity index (χ1n) is 7.48. The summed E-state index contributed by atoms with van der Waals surface area (Å²) in [4.78, 5) is 0. The zero-order valence-corrected chi connectivity index (χ0v) is 12.1. The number of rotatable bonds is 4. The van der Waals surface area contributed by atoms with E-state index in [2.05, 4.69) is 13.8 Å². The summed E-state index contributed by atoms with van der Waals surface area (Å²) in [7, 11) is 0. The minimum Gasteiger partial charge on any atom is -0.375 e. The summed E-state index contributed by atoms with van der Waals surface area (Å²) in [5, 5.41) is 0.374. The Balaban J connectivity index is 1.93. The van der Waals surface area contributed by atoms with Gasteiger partial charge in [0, 0.05) is 10.8 Å². The van der Waals surface area contributed by atoms with Crippen LogP contribution in [0.3, 0.4) is 0 Å². The molecule has 0 radical (unpaired) electrons. The highest BCUT2D eigenvalue weighted by Crippen LogP contribution is 2.55. The van der Waals surface area contributed by atoms with Gasteiger partial charge in [-0.15, -0.1) is 11.6 Å². The average Bonchev–Trinajstić information content (AvgIpc) is 2.56. The fourth-order valence-electron chi connectivity index (χ4n) is 3.67. The Morgan fingerprint density at radius 3 is 2.41 bits per heavy atom. The van der Waals surface area contributed by atoms with Crippen molar-refractivity contribution in [3.05, 3.63) is 0 Å². The third-order valence-electron chi connectivity index (χ3n) is 4.81. The topological polar surface area (TPSA) is 9.23 Å². The molecule has 0 aliphatic heterocycles. The van der Waals surface area contributed by atoms with E-state index in [1.807, 2.05) is 0 Å². The summed E-state index contributed by atoms with van der Waals surface area (Å²) in [5.74, 6) is 0. The summed E-state index contributed by atoms with van der Waals surface area (Å²) >= 11 is 6.53. The summed E-state index contributed by atoms with van der Waals surface area (Å²) in [6.07, 6.45) is 12.4. The molecule has 1 spiro atoms. The SMILES string of the molecule is CCCC(C)OC1CC(Cl)C12CCCCCC2. The van der Waals surface area contributed by atoms with Crippen LogP contribution in [0.25, 0.3) is 0 Å². The summed E-state index contributed by atoms with van der Waals surface area (Å²) in [6, 6.07) is 0. The molecular weight excluding hydrogens is 232 g/mol. The van der Waals surface area contributed by atoms with Gasteiger partial charge in [-0.3, -0.25) is 0 Å². The lowest BCUT2D eigenvalue weighted by atomic mass is 9.61. The molecule has 2 fully saturated rings. The molecule has 0 aromatic rings. The molecule has 17 heavy (non-hydrogen) atoms. The van der Waals surface area contributed by atoms with Gasteiger partial charge < -0.3 is 4.74 Å².